The van der Waals surface area contributed by atoms with Crippen molar-refractivity contribution in [3.05, 3.63) is 23.6 Å². The smallest absolute Gasteiger partial charge is 0.192 e. The van der Waals surface area contributed by atoms with Crippen LogP contribution in [0.15, 0.2) is 12.3 Å². The molecule has 0 aliphatic carbocycles. The molecule has 1 aromatic rings. The molecular weight excluding hydrogens is 235 g/mol. The van der Waals surface area contributed by atoms with E-state index in [0.29, 0.717) is 11.4 Å². The molecular formula is C12H21FN2OSi. The average Bonchev–Trinajstić information content (AvgIpc) is 2.18. The van der Waals surface area contributed by atoms with Crippen molar-refractivity contribution in [2.45, 2.75) is 45.5 Å². The summed E-state index contributed by atoms with van der Waals surface area (Å²) in [6.45, 7) is 11.0. The van der Waals surface area contributed by atoms with Crippen molar-refractivity contribution in [2.24, 2.45) is 0 Å². The van der Waals surface area contributed by atoms with Crippen molar-refractivity contribution < 1.29 is 8.82 Å². The lowest BCUT2D eigenvalue weighted by Crippen LogP contribution is -2.40. The second-order valence-corrected chi connectivity index (χ2v) is 10.6. The Morgan fingerprint density at radius 2 is 2.00 bits per heavy atom. The monoisotopic (exact) mass is 256 g/mol. The molecule has 0 spiro atoms. The zero-order valence-electron chi connectivity index (χ0n) is 11.2. The summed E-state index contributed by atoms with van der Waals surface area (Å²) in [5.74, 6) is -0.0434. The number of hydrogen-bond donors (Lipinski definition) is 1. The van der Waals surface area contributed by atoms with Gasteiger partial charge in [0.2, 0.25) is 0 Å². The number of anilines is 1. The SMILES string of the molecule is CC(C)(C)[Si](C)(C)OCc1cc(N)ncc1F. The Morgan fingerprint density at radius 3 is 2.53 bits per heavy atom. The highest BCUT2D eigenvalue weighted by Gasteiger charge is 2.37. The fourth-order valence-corrected chi connectivity index (χ4v) is 2.03. The lowest BCUT2D eigenvalue weighted by Gasteiger charge is -2.36. The molecule has 0 saturated heterocycles. The number of nitrogens with zero attached hydrogens (tertiary/aromatic N) is 1. The maximum absolute atomic E-state index is 13.5. The molecule has 0 fully saturated rings. The molecule has 0 unspecified atom stereocenters. The summed E-state index contributed by atoms with van der Waals surface area (Å²) in [5.41, 5.74) is 6.00. The van der Waals surface area contributed by atoms with Crippen LogP contribution in [0.5, 0.6) is 0 Å². The summed E-state index contributed by atoms with van der Waals surface area (Å²) in [5, 5.41) is 0.113. The fraction of sp³-hybridized carbons (Fsp3) is 0.583. The number of aromatic nitrogens is 1. The van der Waals surface area contributed by atoms with E-state index in [1.165, 1.54) is 6.07 Å². The summed E-state index contributed by atoms with van der Waals surface area (Å²) in [6.07, 6.45) is 1.14. The standard InChI is InChI=1S/C12H21FN2OSi/c1-12(2,3)17(4,5)16-8-9-6-11(14)15-7-10(9)13/h6-7H,8H2,1-5H3,(H2,14,15). The minimum Gasteiger partial charge on any atom is -0.412 e. The third-order valence-electron chi connectivity index (χ3n) is 3.35. The number of halogens is 1. The molecule has 0 aliphatic rings. The van der Waals surface area contributed by atoms with Gasteiger partial charge in [-0.1, -0.05) is 20.8 Å². The number of nitrogen functional groups attached to an aromatic ring is 1. The maximum atomic E-state index is 13.5. The van der Waals surface area contributed by atoms with Crippen molar-refractivity contribution >= 4 is 14.1 Å². The van der Waals surface area contributed by atoms with Crippen LogP contribution in [0.1, 0.15) is 26.3 Å². The molecule has 0 aliphatic heterocycles. The number of rotatable bonds is 3. The molecule has 1 rings (SSSR count). The third kappa shape index (κ3) is 3.51. The van der Waals surface area contributed by atoms with Gasteiger partial charge in [-0.15, -0.1) is 0 Å². The normalized spacial score (nSPS) is 12.8. The van der Waals surface area contributed by atoms with E-state index < -0.39 is 8.32 Å². The van der Waals surface area contributed by atoms with Gasteiger partial charge in [0, 0.05) is 5.56 Å². The molecule has 1 aromatic heterocycles. The van der Waals surface area contributed by atoms with E-state index >= 15 is 0 Å². The first kappa shape index (κ1) is 14.1. The lowest BCUT2D eigenvalue weighted by atomic mass is 10.2. The molecule has 0 aromatic carbocycles. The van der Waals surface area contributed by atoms with Gasteiger partial charge >= 0.3 is 0 Å². The Labute approximate surface area is 103 Å². The van der Waals surface area contributed by atoms with E-state index in [-0.39, 0.29) is 17.5 Å². The molecule has 2 N–H and O–H groups in total. The van der Waals surface area contributed by atoms with Gasteiger partial charge in [-0.2, -0.15) is 0 Å². The molecule has 0 radical (unpaired) electrons. The Balaban J connectivity index is 2.77. The summed E-state index contributed by atoms with van der Waals surface area (Å²) >= 11 is 0. The second-order valence-electron chi connectivity index (χ2n) is 5.75. The van der Waals surface area contributed by atoms with Crippen molar-refractivity contribution in [3.63, 3.8) is 0 Å². The Hall–Kier alpha value is -0.943. The summed E-state index contributed by atoms with van der Waals surface area (Å²) < 4.78 is 19.4. The van der Waals surface area contributed by atoms with Gasteiger partial charge in [-0.25, -0.2) is 9.37 Å². The first-order chi connectivity index (χ1) is 7.63. The van der Waals surface area contributed by atoms with Gasteiger partial charge in [0.05, 0.1) is 12.8 Å². The van der Waals surface area contributed by atoms with Crippen LogP contribution in [0, 0.1) is 5.82 Å². The van der Waals surface area contributed by atoms with Gasteiger partial charge in [0.25, 0.3) is 0 Å². The summed E-state index contributed by atoms with van der Waals surface area (Å²) in [6, 6.07) is 1.53. The van der Waals surface area contributed by atoms with Crippen LogP contribution in [0.2, 0.25) is 18.1 Å². The molecule has 0 saturated carbocycles. The third-order valence-corrected chi connectivity index (χ3v) is 7.83. The number of nitrogens with two attached hydrogens (primary N) is 1. The van der Waals surface area contributed by atoms with Crippen LogP contribution in [-0.4, -0.2) is 13.3 Å². The highest BCUT2D eigenvalue weighted by Crippen LogP contribution is 2.37. The first-order valence-electron chi connectivity index (χ1n) is 5.67. The quantitative estimate of drug-likeness (QED) is 0.844. The summed E-state index contributed by atoms with van der Waals surface area (Å²) in [7, 11) is -1.86. The van der Waals surface area contributed by atoms with Crippen molar-refractivity contribution in [2.75, 3.05) is 5.73 Å². The van der Waals surface area contributed by atoms with Gasteiger partial charge in [0.1, 0.15) is 11.6 Å². The average molecular weight is 256 g/mol. The van der Waals surface area contributed by atoms with Gasteiger partial charge in [-0.05, 0) is 24.2 Å². The molecule has 17 heavy (non-hydrogen) atoms. The zero-order chi connectivity index (χ0) is 13.3. The zero-order valence-corrected chi connectivity index (χ0v) is 12.2. The predicted molar refractivity (Wildman–Crippen MR) is 70.6 cm³/mol. The molecule has 0 bridgehead atoms. The van der Waals surface area contributed by atoms with E-state index in [0.717, 1.165) is 6.20 Å². The number of pyridine rings is 1. The van der Waals surface area contributed by atoms with Crippen LogP contribution < -0.4 is 5.73 Å². The van der Waals surface area contributed by atoms with Crippen molar-refractivity contribution in [3.8, 4) is 0 Å². The van der Waals surface area contributed by atoms with Crippen LogP contribution in [0.4, 0.5) is 10.2 Å². The van der Waals surface area contributed by atoms with E-state index in [2.05, 4.69) is 38.8 Å². The molecule has 1 heterocycles. The van der Waals surface area contributed by atoms with Crippen LogP contribution in [0.3, 0.4) is 0 Å². The van der Waals surface area contributed by atoms with Gasteiger partial charge in [-0.3, -0.25) is 0 Å². The minimum absolute atomic E-state index is 0.113. The highest BCUT2D eigenvalue weighted by atomic mass is 28.4. The van der Waals surface area contributed by atoms with E-state index in [4.69, 9.17) is 10.2 Å². The highest BCUT2D eigenvalue weighted by molar-refractivity contribution is 6.74. The molecule has 5 heteroatoms. The molecule has 96 valence electrons. The van der Waals surface area contributed by atoms with Gasteiger partial charge in [0.15, 0.2) is 8.32 Å². The first-order valence-corrected chi connectivity index (χ1v) is 8.58. The molecule has 3 nitrogen and oxygen atoms in total. The Morgan fingerprint density at radius 1 is 1.41 bits per heavy atom. The fourth-order valence-electron chi connectivity index (χ4n) is 1.08. The Bertz CT molecular complexity index is 402. The lowest BCUT2D eigenvalue weighted by molar-refractivity contribution is 0.271. The largest absolute Gasteiger partial charge is 0.412 e. The van der Waals surface area contributed by atoms with Crippen molar-refractivity contribution in [1.29, 1.82) is 0 Å². The van der Waals surface area contributed by atoms with E-state index in [1.54, 1.807) is 0 Å². The minimum atomic E-state index is -1.86. The van der Waals surface area contributed by atoms with Crippen LogP contribution in [-0.2, 0) is 11.0 Å². The Kier molecular flexibility index (Phi) is 3.94. The maximum Gasteiger partial charge on any atom is 0.192 e. The second kappa shape index (κ2) is 4.74. The predicted octanol–water partition coefficient (Wildman–Crippen LogP) is 3.32. The van der Waals surface area contributed by atoms with Gasteiger partial charge < -0.3 is 10.2 Å². The van der Waals surface area contributed by atoms with Crippen molar-refractivity contribution in [1.82, 2.24) is 4.98 Å². The van der Waals surface area contributed by atoms with E-state index in [1.807, 2.05) is 0 Å². The van der Waals surface area contributed by atoms with Crippen LogP contribution in [0.25, 0.3) is 0 Å². The molecule has 0 atom stereocenters. The molecule has 0 amide bonds. The van der Waals surface area contributed by atoms with Crippen LogP contribution >= 0.6 is 0 Å². The topological polar surface area (TPSA) is 48.1 Å². The number of hydrogen-bond acceptors (Lipinski definition) is 3. The van der Waals surface area contributed by atoms with E-state index in [9.17, 15) is 4.39 Å². The summed E-state index contributed by atoms with van der Waals surface area (Å²) in [4.78, 5) is 3.69.